The minimum atomic E-state index is -1.06. The van der Waals surface area contributed by atoms with Crippen molar-refractivity contribution in [3.8, 4) is 0 Å². The zero-order valence-electron chi connectivity index (χ0n) is 8.36. The van der Waals surface area contributed by atoms with Crippen LogP contribution in [-0.4, -0.2) is 61.5 Å². The summed E-state index contributed by atoms with van der Waals surface area (Å²) in [6, 6.07) is -0.469. The van der Waals surface area contributed by atoms with Gasteiger partial charge in [-0.1, -0.05) is 0 Å². The lowest BCUT2D eigenvalue weighted by Gasteiger charge is -2.26. The molecule has 2 amide bonds. The Balaban J connectivity index is 2.07. The fourth-order valence-electron chi connectivity index (χ4n) is 1.16. The van der Waals surface area contributed by atoms with Crippen LogP contribution in [0.1, 0.15) is 0 Å². The van der Waals surface area contributed by atoms with Gasteiger partial charge < -0.3 is 20.5 Å². The molecule has 0 bridgehead atoms. The summed E-state index contributed by atoms with van der Waals surface area (Å²) in [4.78, 5) is 23.2. The molecule has 3 N–H and O–H groups in total. The normalized spacial score (nSPS) is 17.1. The minimum absolute atomic E-state index is 0.366. The molecule has 15 heavy (non-hydrogen) atoms. The summed E-state index contributed by atoms with van der Waals surface area (Å²) in [7, 11) is 0. The highest BCUT2D eigenvalue weighted by Crippen LogP contribution is 1.93. The number of ether oxygens (including phenoxy) is 1. The van der Waals surface area contributed by atoms with E-state index in [9.17, 15) is 9.59 Å². The molecule has 1 fully saturated rings. The predicted molar refractivity (Wildman–Crippen MR) is 51.4 cm³/mol. The molecular formula is C8H15N3O4. The molecule has 0 aliphatic carbocycles. The third kappa shape index (κ3) is 5.18. The van der Waals surface area contributed by atoms with Gasteiger partial charge in [-0.25, -0.2) is 4.79 Å². The number of nitrogens with one attached hydrogen (secondary N) is 2. The van der Waals surface area contributed by atoms with E-state index < -0.39 is 12.0 Å². The Morgan fingerprint density at radius 3 is 2.53 bits per heavy atom. The van der Waals surface area contributed by atoms with Crippen LogP contribution in [0.15, 0.2) is 0 Å². The molecule has 1 rings (SSSR count). The van der Waals surface area contributed by atoms with Crippen LogP contribution in [0.5, 0.6) is 0 Å². The highest BCUT2D eigenvalue weighted by molar-refractivity contribution is 5.79. The van der Waals surface area contributed by atoms with E-state index in [-0.39, 0.29) is 6.54 Å². The number of aliphatic carboxylic acids is 1. The lowest BCUT2D eigenvalue weighted by molar-refractivity contribution is -0.135. The van der Waals surface area contributed by atoms with Crippen LogP contribution in [-0.2, 0) is 9.53 Å². The number of hydrogen-bond acceptors (Lipinski definition) is 4. The van der Waals surface area contributed by atoms with E-state index in [4.69, 9.17) is 9.84 Å². The maximum Gasteiger partial charge on any atom is 0.323 e. The summed E-state index contributed by atoms with van der Waals surface area (Å²) in [6.45, 7) is 2.93. The summed E-state index contributed by atoms with van der Waals surface area (Å²) < 4.78 is 5.14. The molecule has 0 saturated carbocycles. The number of hydrogen-bond donors (Lipinski definition) is 3. The van der Waals surface area contributed by atoms with E-state index >= 15 is 0 Å². The smallest absolute Gasteiger partial charge is 0.323 e. The molecule has 1 aliphatic heterocycles. The topological polar surface area (TPSA) is 90.9 Å². The number of carboxylic acid groups (broad SMARTS) is 1. The first-order valence-corrected chi connectivity index (χ1v) is 4.72. The fourth-order valence-corrected chi connectivity index (χ4v) is 1.16. The molecule has 1 saturated heterocycles. The Labute approximate surface area is 87.4 Å². The average molecular weight is 217 g/mol. The Kier molecular flexibility index (Phi) is 4.85. The van der Waals surface area contributed by atoms with E-state index in [1.54, 1.807) is 0 Å². The first-order valence-electron chi connectivity index (χ1n) is 4.72. The van der Waals surface area contributed by atoms with Crippen molar-refractivity contribution >= 4 is 12.0 Å². The summed E-state index contributed by atoms with van der Waals surface area (Å²) in [6.07, 6.45) is 0. The molecule has 0 aromatic rings. The second-order valence-electron chi connectivity index (χ2n) is 3.14. The zero-order chi connectivity index (χ0) is 11.1. The molecule has 1 heterocycles. The van der Waals surface area contributed by atoms with Gasteiger partial charge in [0.05, 0.1) is 19.9 Å². The Bertz CT molecular complexity index is 228. The van der Waals surface area contributed by atoms with E-state index in [2.05, 4.69) is 10.6 Å². The fraction of sp³-hybridized carbons (Fsp3) is 0.750. The van der Waals surface area contributed by atoms with Gasteiger partial charge in [-0.05, 0) is 0 Å². The van der Waals surface area contributed by atoms with Gasteiger partial charge in [-0.2, -0.15) is 0 Å². The van der Waals surface area contributed by atoms with Crippen molar-refractivity contribution in [2.75, 3.05) is 39.5 Å². The molecule has 0 unspecified atom stereocenters. The van der Waals surface area contributed by atoms with Gasteiger partial charge in [0, 0.05) is 13.1 Å². The van der Waals surface area contributed by atoms with Crippen LogP contribution >= 0.6 is 0 Å². The van der Waals surface area contributed by atoms with Gasteiger partial charge in [0.1, 0.15) is 6.54 Å². The highest BCUT2D eigenvalue weighted by atomic mass is 16.5. The molecule has 0 spiro atoms. The molecule has 0 aromatic heterocycles. The van der Waals surface area contributed by atoms with E-state index in [0.29, 0.717) is 19.9 Å². The summed E-state index contributed by atoms with van der Waals surface area (Å²) >= 11 is 0. The Morgan fingerprint density at radius 1 is 1.27 bits per heavy atom. The standard InChI is InChI=1S/C8H15N3O4/c12-7(13)5-9-8(14)10-6-11-1-3-15-4-2-11/h1-6H2,(H,12,13)(H2,9,10,14). The lowest BCUT2D eigenvalue weighted by Crippen LogP contribution is -2.47. The number of amides is 2. The number of nitrogens with zero attached hydrogens (tertiary/aromatic N) is 1. The number of carboxylic acids is 1. The maximum absolute atomic E-state index is 11.0. The molecule has 0 aromatic carbocycles. The molecule has 0 radical (unpaired) electrons. The SMILES string of the molecule is O=C(O)CNC(=O)NCN1CCOCC1. The number of urea groups is 1. The molecule has 86 valence electrons. The van der Waals surface area contributed by atoms with Crippen LogP contribution in [0, 0.1) is 0 Å². The Hall–Kier alpha value is -1.34. The molecule has 7 heteroatoms. The van der Waals surface area contributed by atoms with Crippen LogP contribution in [0.2, 0.25) is 0 Å². The van der Waals surface area contributed by atoms with Crippen molar-refractivity contribution in [3.05, 3.63) is 0 Å². The van der Waals surface area contributed by atoms with E-state index in [1.807, 2.05) is 4.90 Å². The third-order valence-electron chi connectivity index (χ3n) is 1.97. The van der Waals surface area contributed by atoms with Crippen LogP contribution in [0.3, 0.4) is 0 Å². The highest BCUT2D eigenvalue weighted by Gasteiger charge is 2.10. The second kappa shape index (κ2) is 6.20. The van der Waals surface area contributed by atoms with Crippen molar-refractivity contribution < 1.29 is 19.4 Å². The van der Waals surface area contributed by atoms with Gasteiger partial charge in [-0.3, -0.25) is 9.69 Å². The third-order valence-corrected chi connectivity index (χ3v) is 1.97. The van der Waals surface area contributed by atoms with Crippen molar-refractivity contribution in [3.63, 3.8) is 0 Å². The molecule has 0 atom stereocenters. The largest absolute Gasteiger partial charge is 0.480 e. The molecule has 7 nitrogen and oxygen atoms in total. The van der Waals surface area contributed by atoms with Gasteiger partial charge >= 0.3 is 12.0 Å². The predicted octanol–water partition coefficient (Wildman–Crippen LogP) is -1.34. The molecular weight excluding hydrogens is 202 g/mol. The lowest BCUT2D eigenvalue weighted by atomic mass is 10.4. The maximum atomic E-state index is 11.0. The second-order valence-corrected chi connectivity index (χ2v) is 3.14. The van der Waals surface area contributed by atoms with Crippen LogP contribution in [0.4, 0.5) is 4.79 Å². The van der Waals surface area contributed by atoms with Crippen molar-refractivity contribution in [1.82, 2.24) is 15.5 Å². The first-order chi connectivity index (χ1) is 7.18. The van der Waals surface area contributed by atoms with Gasteiger partial charge in [-0.15, -0.1) is 0 Å². The van der Waals surface area contributed by atoms with Crippen molar-refractivity contribution in [2.45, 2.75) is 0 Å². The summed E-state index contributed by atoms with van der Waals surface area (Å²) in [5.74, 6) is -1.06. The number of carbonyl (C=O) groups excluding carboxylic acids is 1. The van der Waals surface area contributed by atoms with E-state index in [0.717, 1.165) is 13.1 Å². The van der Waals surface area contributed by atoms with E-state index in [1.165, 1.54) is 0 Å². The van der Waals surface area contributed by atoms with Crippen molar-refractivity contribution in [2.24, 2.45) is 0 Å². The van der Waals surface area contributed by atoms with Gasteiger partial charge in [0.25, 0.3) is 0 Å². The quantitative estimate of drug-likeness (QED) is 0.542. The van der Waals surface area contributed by atoms with Crippen molar-refractivity contribution in [1.29, 1.82) is 0 Å². The monoisotopic (exact) mass is 217 g/mol. The zero-order valence-corrected chi connectivity index (χ0v) is 8.36. The minimum Gasteiger partial charge on any atom is -0.480 e. The Morgan fingerprint density at radius 2 is 1.93 bits per heavy atom. The van der Waals surface area contributed by atoms with Gasteiger partial charge in [0.2, 0.25) is 0 Å². The number of rotatable bonds is 4. The number of carbonyl (C=O) groups is 2. The molecule has 1 aliphatic rings. The number of morpholine rings is 1. The van der Waals surface area contributed by atoms with Crippen LogP contribution in [0.25, 0.3) is 0 Å². The average Bonchev–Trinajstić information content (AvgIpc) is 2.25. The van der Waals surface area contributed by atoms with Crippen LogP contribution < -0.4 is 10.6 Å². The van der Waals surface area contributed by atoms with Gasteiger partial charge in [0.15, 0.2) is 0 Å². The first kappa shape index (κ1) is 11.7. The summed E-state index contributed by atoms with van der Waals surface area (Å²) in [5.41, 5.74) is 0. The summed E-state index contributed by atoms with van der Waals surface area (Å²) in [5, 5.41) is 13.1.